The van der Waals surface area contributed by atoms with Crippen molar-refractivity contribution in [1.29, 1.82) is 0 Å². The van der Waals surface area contributed by atoms with E-state index in [0.717, 1.165) is 4.90 Å². The summed E-state index contributed by atoms with van der Waals surface area (Å²) in [5, 5.41) is 5.36. The minimum atomic E-state index is -1.34. The molecule has 0 radical (unpaired) electrons. The van der Waals surface area contributed by atoms with Crippen LogP contribution < -0.4 is 15.4 Å². The van der Waals surface area contributed by atoms with E-state index in [4.69, 9.17) is 4.74 Å². The van der Waals surface area contributed by atoms with Crippen molar-refractivity contribution in [2.45, 2.75) is 18.9 Å². The number of hydrogen-bond donors (Lipinski definition) is 2. The second-order valence-electron chi connectivity index (χ2n) is 7.58. The molecule has 1 aliphatic heterocycles. The number of rotatable bonds is 7. The molecule has 1 saturated heterocycles. The third-order valence-electron chi connectivity index (χ3n) is 5.44. The molecule has 0 aromatic heterocycles. The first kappa shape index (κ1) is 22.0. The molecule has 0 spiro atoms. The van der Waals surface area contributed by atoms with Crippen LogP contribution in [0.15, 0.2) is 78.9 Å². The lowest BCUT2D eigenvalue weighted by atomic mass is 9.87. The van der Waals surface area contributed by atoms with Crippen molar-refractivity contribution in [1.82, 2.24) is 10.2 Å². The lowest BCUT2D eigenvalue weighted by Crippen LogP contribution is -2.44. The van der Waals surface area contributed by atoms with E-state index < -0.39 is 35.7 Å². The van der Waals surface area contributed by atoms with Crippen LogP contribution in [0.2, 0.25) is 0 Å². The number of nitrogens with one attached hydrogen (secondary N) is 2. The van der Waals surface area contributed by atoms with Crippen molar-refractivity contribution in [3.8, 4) is 11.5 Å². The first-order valence-corrected chi connectivity index (χ1v) is 10.4. The molecule has 3 aromatic carbocycles. The highest BCUT2D eigenvalue weighted by Gasteiger charge is 2.51. The molecule has 33 heavy (non-hydrogen) atoms. The molecule has 1 atom stereocenters. The van der Waals surface area contributed by atoms with Gasteiger partial charge in [0.15, 0.2) is 0 Å². The molecule has 0 saturated carbocycles. The Morgan fingerprint density at radius 3 is 2.39 bits per heavy atom. The van der Waals surface area contributed by atoms with E-state index >= 15 is 0 Å². The maximum absolute atomic E-state index is 13.3. The summed E-state index contributed by atoms with van der Waals surface area (Å²) < 4.78 is 19.1. The van der Waals surface area contributed by atoms with Crippen LogP contribution in [-0.2, 0) is 15.1 Å². The third-order valence-corrected chi connectivity index (χ3v) is 5.44. The number of urea groups is 1. The molecule has 0 bridgehead atoms. The van der Waals surface area contributed by atoms with Crippen molar-refractivity contribution in [2.24, 2.45) is 0 Å². The monoisotopic (exact) mass is 447 g/mol. The van der Waals surface area contributed by atoms with Gasteiger partial charge in [0.05, 0.1) is 0 Å². The van der Waals surface area contributed by atoms with Gasteiger partial charge in [-0.3, -0.25) is 14.5 Å². The number of amides is 4. The highest BCUT2D eigenvalue weighted by Crippen LogP contribution is 2.32. The van der Waals surface area contributed by atoms with Crippen LogP contribution in [0.3, 0.4) is 0 Å². The minimum absolute atomic E-state index is 0.250. The fraction of sp³-hybridized carbons (Fsp3) is 0.160. The van der Waals surface area contributed by atoms with Gasteiger partial charge in [0.25, 0.3) is 5.91 Å². The summed E-state index contributed by atoms with van der Waals surface area (Å²) >= 11 is 0. The second kappa shape index (κ2) is 9.12. The van der Waals surface area contributed by atoms with E-state index in [0.29, 0.717) is 22.7 Å². The molecule has 1 fully saturated rings. The molecule has 4 amide bonds. The van der Waals surface area contributed by atoms with Crippen molar-refractivity contribution in [2.75, 3.05) is 11.9 Å². The van der Waals surface area contributed by atoms with Crippen molar-refractivity contribution >= 4 is 23.5 Å². The predicted octanol–water partition coefficient (Wildman–Crippen LogP) is 4.41. The van der Waals surface area contributed by atoms with Crippen LogP contribution in [0.25, 0.3) is 0 Å². The SMILES string of the molecule is CCC1(c2ccc(F)cc2)NC(=O)N(CC(=O)Nc2cccc(Oc3ccccc3)c2)C1=O. The summed E-state index contributed by atoms with van der Waals surface area (Å²) in [6.45, 7) is 1.28. The average molecular weight is 447 g/mol. The number of ether oxygens (including phenoxy) is 1. The fourth-order valence-electron chi connectivity index (χ4n) is 3.75. The Kier molecular flexibility index (Phi) is 6.08. The predicted molar refractivity (Wildman–Crippen MR) is 120 cm³/mol. The summed E-state index contributed by atoms with van der Waals surface area (Å²) in [7, 11) is 0. The van der Waals surface area contributed by atoms with E-state index in [9.17, 15) is 18.8 Å². The quantitative estimate of drug-likeness (QED) is 0.525. The van der Waals surface area contributed by atoms with Crippen LogP contribution in [0.1, 0.15) is 18.9 Å². The van der Waals surface area contributed by atoms with Gasteiger partial charge in [-0.25, -0.2) is 9.18 Å². The fourth-order valence-corrected chi connectivity index (χ4v) is 3.75. The summed E-state index contributed by atoms with van der Waals surface area (Å²) in [5.41, 5.74) is -0.423. The molecule has 0 aliphatic carbocycles. The lowest BCUT2D eigenvalue weighted by Gasteiger charge is -2.25. The van der Waals surface area contributed by atoms with Gasteiger partial charge >= 0.3 is 6.03 Å². The van der Waals surface area contributed by atoms with E-state index in [-0.39, 0.29) is 6.42 Å². The summed E-state index contributed by atoms with van der Waals surface area (Å²) in [6, 6.07) is 20.7. The standard InChI is InChI=1S/C25H22FN3O4/c1-2-25(17-11-13-18(26)14-12-17)23(31)29(24(32)28-25)16-22(30)27-19-7-6-10-21(15-19)33-20-8-4-3-5-9-20/h3-15H,2,16H2,1H3,(H,27,30)(H,28,32). The molecule has 3 aromatic rings. The minimum Gasteiger partial charge on any atom is -0.457 e. The number of benzene rings is 3. The highest BCUT2D eigenvalue weighted by atomic mass is 19.1. The zero-order chi connectivity index (χ0) is 23.4. The highest BCUT2D eigenvalue weighted by molar-refractivity contribution is 6.10. The Hall–Kier alpha value is -4.20. The number of carbonyl (C=O) groups excluding carboxylic acids is 3. The van der Waals surface area contributed by atoms with E-state index in [2.05, 4.69) is 10.6 Å². The Morgan fingerprint density at radius 1 is 1.00 bits per heavy atom. The van der Waals surface area contributed by atoms with Crippen LogP contribution in [0.4, 0.5) is 14.9 Å². The zero-order valence-electron chi connectivity index (χ0n) is 17.9. The number of nitrogens with zero attached hydrogens (tertiary/aromatic N) is 1. The Bertz CT molecular complexity index is 1180. The number of halogens is 1. The van der Waals surface area contributed by atoms with Gasteiger partial charge in [0.2, 0.25) is 5.91 Å². The Morgan fingerprint density at radius 2 is 1.70 bits per heavy atom. The largest absolute Gasteiger partial charge is 0.457 e. The van der Waals surface area contributed by atoms with Crippen molar-refractivity contribution in [3.05, 3.63) is 90.2 Å². The van der Waals surface area contributed by atoms with Crippen molar-refractivity contribution < 1.29 is 23.5 Å². The summed E-state index contributed by atoms with van der Waals surface area (Å²) in [4.78, 5) is 39.2. The smallest absolute Gasteiger partial charge is 0.325 e. The van der Waals surface area contributed by atoms with Gasteiger partial charge < -0.3 is 15.4 Å². The third kappa shape index (κ3) is 4.55. The number of para-hydroxylation sites is 1. The first-order chi connectivity index (χ1) is 15.9. The van der Waals surface area contributed by atoms with Crippen LogP contribution in [0.5, 0.6) is 11.5 Å². The molecule has 4 rings (SSSR count). The number of carbonyl (C=O) groups is 3. The molecule has 1 aliphatic rings. The van der Waals surface area contributed by atoms with Gasteiger partial charge in [0.1, 0.15) is 29.4 Å². The van der Waals surface area contributed by atoms with Gasteiger partial charge in [0, 0.05) is 11.8 Å². The molecular weight excluding hydrogens is 425 g/mol. The second-order valence-corrected chi connectivity index (χ2v) is 7.58. The van der Waals surface area contributed by atoms with Gasteiger partial charge in [-0.2, -0.15) is 0 Å². The van der Waals surface area contributed by atoms with Crippen molar-refractivity contribution in [3.63, 3.8) is 0 Å². The van der Waals surface area contributed by atoms with E-state index in [1.165, 1.54) is 24.3 Å². The van der Waals surface area contributed by atoms with E-state index in [1.54, 1.807) is 31.2 Å². The van der Waals surface area contributed by atoms with Crippen LogP contribution in [0, 0.1) is 5.82 Å². The molecule has 1 heterocycles. The van der Waals surface area contributed by atoms with Gasteiger partial charge in [-0.15, -0.1) is 0 Å². The summed E-state index contributed by atoms with van der Waals surface area (Å²) in [6.07, 6.45) is 0.250. The molecule has 7 nitrogen and oxygen atoms in total. The lowest BCUT2D eigenvalue weighted by molar-refractivity contribution is -0.134. The molecule has 1 unspecified atom stereocenters. The Balaban J connectivity index is 1.45. The number of imide groups is 1. The molecule has 8 heteroatoms. The number of hydrogen-bond acceptors (Lipinski definition) is 4. The molecule has 2 N–H and O–H groups in total. The van der Waals surface area contributed by atoms with E-state index in [1.807, 2.05) is 30.3 Å². The maximum atomic E-state index is 13.3. The normalized spacial score (nSPS) is 17.6. The van der Waals surface area contributed by atoms with Gasteiger partial charge in [-0.05, 0) is 48.4 Å². The average Bonchev–Trinajstić information content (AvgIpc) is 3.05. The van der Waals surface area contributed by atoms with Crippen LogP contribution >= 0.6 is 0 Å². The molecule has 168 valence electrons. The summed E-state index contributed by atoms with van der Waals surface area (Å²) in [5.74, 6) is -0.372. The first-order valence-electron chi connectivity index (χ1n) is 10.4. The molecular formula is C25H22FN3O4. The maximum Gasteiger partial charge on any atom is 0.325 e. The van der Waals surface area contributed by atoms with Gasteiger partial charge in [-0.1, -0.05) is 43.3 Å². The topological polar surface area (TPSA) is 87.7 Å². The Labute approximate surface area is 190 Å². The van der Waals surface area contributed by atoms with Crippen LogP contribution in [-0.4, -0.2) is 29.3 Å². The zero-order valence-corrected chi connectivity index (χ0v) is 17.9. The number of anilines is 1.